The molecule has 2 aromatic heterocycles. The van der Waals surface area contributed by atoms with Crippen molar-refractivity contribution in [3.05, 3.63) is 52.3 Å². The Balaban J connectivity index is 1.68. The van der Waals surface area contributed by atoms with Gasteiger partial charge in [-0.05, 0) is 31.5 Å². The Kier molecular flexibility index (Phi) is 5.55. The topological polar surface area (TPSA) is 116 Å². The van der Waals surface area contributed by atoms with Gasteiger partial charge in [-0.3, -0.25) is 19.5 Å². The fraction of sp³-hybridized carbons (Fsp3) is 0.235. The number of anilines is 1. The Bertz CT molecular complexity index is 968. The summed E-state index contributed by atoms with van der Waals surface area (Å²) in [6, 6.07) is 7.92. The first-order valence-corrected chi connectivity index (χ1v) is 9.13. The van der Waals surface area contributed by atoms with Crippen LogP contribution in [0.4, 0.5) is 11.4 Å². The highest BCUT2D eigenvalue weighted by molar-refractivity contribution is 7.99. The summed E-state index contributed by atoms with van der Waals surface area (Å²) in [6.07, 6.45) is 1.56. The second-order valence-corrected chi connectivity index (χ2v) is 6.56. The van der Waals surface area contributed by atoms with Crippen LogP contribution in [-0.4, -0.2) is 31.3 Å². The normalized spacial score (nSPS) is 10.7. The summed E-state index contributed by atoms with van der Waals surface area (Å²) < 4.78 is 7.21. The van der Waals surface area contributed by atoms with Gasteiger partial charge in [0.05, 0.1) is 22.6 Å². The van der Waals surface area contributed by atoms with E-state index in [9.17, 15) is 14.9 Å². The molecule has 0 aliphatic heterocycles. The number of nitro groups is 1. The van der Waals surface area contributed by atoms with Crippen LogP contribution in [0.1, 0.15) is 12.5 Å². The second kappa shape index (κ2) is 8.04. The molecule has 0 bridgehead atoms. The lowest BCUT2D eigenvalue weighted by Gasteiger charge is -2.09. The van der Waals surface area contributed by atoms with Crippen LogP contribution in [-0.2, 0) is 11.3 Å². The lowest BCUT2D eigenvalue weighted by molar-refractivity contribution is -0.384. The van der Waals surface area contributed by atoms with Crippen LogP contribution in [0.15, 0.2) is 46.2 Å². The van der Waals surface area contributed by atoms with E-state index in [1.165, 1.54) is 23.9 Å². The zero-order valence-electron chi connectivity index (χ0n) is 14.7. The Morgan fingerprint density at radius 3 is 2.85 bits per heavy atom. The molecule has 1 amide bonds. The van der Waals surface area contributed by atoms with Gasteiger partial charge in [0.25, 0.3) is 5.69 Å². The van der Waals surface area contributed by atoms with Crippen molar-refractivity contribution in [2.45, 2.75) is 25.5 Å². The zero-order chi connectivity index (χ0) is 19.4. The lowest BCUT2D eigenvalue weighted by atomic mass is 10.2. The number of benzene rings is 1. The van der Waals surface area contributed by atoms with Crippen molar-refractivity contribution < 1.29 is 14.1 Å². The van der Waals surface area contributed by atoms with Crippen LogP contribution < -0.4 is 5.32 Å². The molecular weight excluding hydrogens is 370 g/mol. The highest BCUT2D eigenvalue weighted by atomic mass is 32.2. The summed E-state index contributed by atoms with van der Waals surface area (Å²) in [7, 11) is 0. The number of nitrogens with zero attached hydrogens (tertiary/aromatic N) is 4. The van der Waals surface area contributed by atoms with E-state index in [1.54, 1.807) is 31.4 Å². The molecule has 1 N–H and O–H groups in total. The summed E-state index contributed by atoms with van der Waals surface area (Å²) in [5, 5.41) is 22.4. The zero-order valence-corrected chi connectivity index (χ0v) is 15.5. The maximum atomic E-state index is 12.3. The number of non-ortho nitro benzene ring substituents is 1. The van der Waals surface area contributed by atoms with Gasteiger partial charge < -0.3 is 9.73 Å². The molecule has 0 fully saturated rings. The minimum Gasteiger partial charge on any atom is -0.461 e. The van der Waals surface area contributed by atoms with E-state index in [-0.39, 0.29) is 17.3 Å². The lowest BCUT2D eigenvalue weighted by Crippen LogP contribution is -2.15. The quantitative estimate of drug-likeness (QED) is 0.374. The molecule has 3 aromatic rings. The van der Waals surface area contributed by atoms with Crippen LogP contribution in [0.3, 0.4) is 0 Å². The number of aromatic nitrogens is 3. The van der Waals surface area contributed by atoms with Crippen molar-refractivity contribution in [1.29, 1.82) is 0 Å². The number of hydrogen-bond donors (Lipinski definition) is 1. The second-order valence-electron chi connectivity index (χ2n) is 5.62. The highest BCUT2D eigenvalue weighted by Gasteiger charge is 2.17. The van der Waals surface area contributed by atoms with Crippen molar-refractivity contribution >= 4 is 29.0 Å². The van der Waals surface area contributed by atoms with E-state index in [0.717, 1.165) is 5.56 Å². The number of carbonyl (C=O) groups excluding carboxylic acids is 1. The monoisotopic (exact) mass is 387 g/mol. The fourth-order valence-corrected chi connectivity index (χ4v) is 3.25. The Morgan fingerprint density at radius 1 is 1.37 bits per heavy atom. The maximum absolute atomic E-state index is 12.3. The molecule has 140 valence electrons. The third-order valence-corrected chi connectivity index (χ3v) is 4.78. The van der Waals surface area contributed by atoms with Crippen LogP contribution in [0.5, 0.6) is 0 Å². The van der Waals surface area contributed by atoms with Gasteiger partial charge in [0.1, 0.15) is 0 Å². The molecule has 3 rings (SSSR count). The fourth-order valence-electron chi connectivity index (χ4n) is 2.44. The van der Waals surface area contributed by atoms with Gasteiger partial charge in [0.15, 0.2) is 16.7 Å². The largest absolute Gasteiger partial charge is 0.461 e. The predicted octanol–water partition coefficient (Wildman–Crippen LogP) is 3.51. The molecule has 2 heterocycles. The average Bonchev–Trinajstić information content (AvgIpc) is 3.30. The Morgan fingerprint density at radius 2 is 2.19 bits per heavy atom. The van der Waals surface area contributed by atoms with E-state index in [2.05, 4.69) is 15.5 Å². The van der Waals surface area contributed by atoms with E-state index in [1.807, 2.05) is 11.5 Å². The van der Waals surface area contributed by atoms with Crippen LogP contribution in [0, 0.1) is 17.0 Å². The van der Waals surface area contributed by atoms with Gasteiger partial charge in [0.2, 0.25) is 5.91 Å². The molecule has 1 aromatic carbocycles. The third-order valence-electron chi connectivity index (χ3n) is 3.81. The number of nitro benzene ring substituents is 1. The van der Waals surface area contributed by atoms with E-state index >= 15 is 0 Å². The number of hydrogen-bond acceptors (Lipinski definition) is 7. The van der Waals surface area contributed by atoms with Gasteiger partial charge in [-0.25, -0.2) is 0 Å². The minimum absolute atomic E-state index is 0.0719. The van der Waals surface area contributed by atoms with Crippen molar-refractivity contribution in [3.63, 3.8) is 0 Å². The van der Waals surface area contributed by atoms with Gasteiger partial charge in [-0.1, -0.05) is 17.8 Å². The molecule has 10 heteroatoms. The standard InChI is InChI=1S/C17H17N5O4S/c1-3-21-16(14-5-4-8-26-14)19-20-17(21)27-10-15(23)18-13-9-12(22(24)25)7-6-11(13)2/h4-9H,3,10H2,1-2H3,(H,18,23). The van der Waals surface area contributed by atoms with Crippen molar-refractivity contribution in [2.24, 2.45) is 0 Å². The predicted molar refractivity (Wildman–Crippen MR) is 101 cm³/mol. The molecule has 0 spiro atoms. The number of amides is 1. The van der Waals surface area contributed by atoms with Gasteiger partial charge in [-0.15, -0.1) is 10.2 Å². The van der Waals surface area contributed by atoms with Crippen LogP contribution in [0.25, 0.3) is 11.6 Å². The SMILES string of the molecule is CCn1c(SCC(=O)Nc2cc([N+](=O)[O-])ccc2C)nnc1-c1ccco1. The van der Waals surface area contributed by atoms with Crippen molar-refractivity contribution in [3.8, 4) is 11.6 Å². The molecule has 0 radical (unpaired) electrons. The van der Waals surface area contributed by atoms with Gasteiger partial charge in [-0.2, -0.15) is 0 Å². The first-order chi connectivity index (χ1) is 13.0. The number of thioether (sulfide) groups is 1. The summed E-state index contributed by atoms with van der Waals surface area (Å²) in [5.74, 6) is 1.01. The number of furan rings is 1. The third kappa shape index (κ3) is 4.17. The number of rotatable bonds is 7. The van der Waals surface area contributed by atoms with Crippen LogP contribution in [0.2, 0.25) is 0 Å². The molecule has 0 saturated heterocycles. The molecule has 9 nitrogen and oxygen atoms in total. The first-order valence-electron chi connectivity index (χ1n) is 8.14. The maximum Gasteiger partial charge on any atom is 0.271 e. The van der Waals surface area contributed by atoms with E-state index < -0.39 is 4.92 Å². The van der Waals surface area contributed by atoms with Crippen molar-refractivity contribution in [2.75, 3.05) is 11.1 Å². The molecule has 27 heavy (non-hydrogen) atoms. The molecule has 0 saturated carbocycles. The van der Waals surface area contributed by atoms with Crippen molar-refractivity contribution in [1.82, 2.24) is 14.8 Å². The molecular formula is C17H17N5O4S. The summed E-state index contributed by atoms with van der Waals surface area (Å²) in [6.45, 7) is 4.35. The first kappa shape index (κ1) is 18.6. The summed E-state index contributed by atoms with van der Waals surface area (Å²) in [5.41, 5.74) is 1.09. The Hall–Kier alpha value is -3.14. The molecule has 0 unspecified atom stereocenters. The summed E-state index contributed by atoms with van der Waals surface area (Å²) in [4.78, 5) is 22.7. The number of nitrogens with one attached hydrogen (secondary N) is 1. The highest BCUT2D eigenvalue weighted by Crippen LogP contribution is 2.25. The van der Waals surface area contributed by atoms with E-state index in [0.29, 0.717) is 29.0 Å². The number of aryl methyl sites for hydroxylation is 1. The molecule has 0 aliphatic carbocycles. The molecule has 0 aliphatic rings. The van der Waals surface area contributed by atoms with Gasteiger partial charge in [0, 0.05) is 18.7 Å². The smallest absolute Gasteiger partial charge is 0.271 e. The van der Waals surface area contributed by atoms with Gasteiger partial charge >= 0.3 is 0 Å². The summed E-state index contributed by atoms with van der Waals surface area (Å²) >= 11 is 1.24. The van der Waals surface area contributed by atoms with E-state index in [4.69, 9.17) is 4.42 Å². The minimum atomic E-state index is -0.496. The Labute approximate surface area is 158 Å². The average molecular weight is 387 g/mol. The number of carbonyl (C=O) groups is 1. The molecule has 0 atom stereocenters. The van der Waals surface area contributed by atoms with Crippen LogP contribution >= 0.6 is 11.8 Å².